The Morgan fingerprint density at radius 2 is 1.59 bits per heavy atom. The molecule has 1 aliphatic heterocycles. The lowest BCUT2D eigenvalue weighted by Gasteiger charge is -2.34. The summed E-state index contributed by atoms with van der Waals surface area (Å²) >= 11 is 2.69. The highest BCUT2D eigenvalue weighted by atomic mass is 32.1. The van der Waals surface area contributed by atoms with E-state index in [-0.39, 0.29) is 23.9 Å². The number of nitrogens with one attached hydrogen (secondary N) is 2. The number of anilines is 3. The Kier molecular flexibility index (Phi) is 9.06. The van der Waals surface area contributed by atoms with Crippen molar-refractivity contribution >= 4 is 50.4 Å². The average Bonchev–Trinajstić information content (AvgIpc) is 3.90. The van der Waals surface area contributed by atoms with E-state index in [1.807, 2.05) is 67.3 Å². The summed E-state index contributed by atoms with van der Waals surface area (Å²) in [5, 5.41) is 14.6. The van der Waals surface area contributed by atoms with E-state index in [4.69, 9.17) is 14.5 Å². The molecule has 0 saturated carbocycles. The van der Waals surface area contributed by atoms with E-state index in [9.17, 15) is 9.59 Å². The maximum atomic E-state index is 12.9. The van der Waals surface area contributed by atoms with Crippen LogP contribution in [-0.2, 0) is 11.8 Å². The monoisotopic (exact) mass is 694 g/mol. The van der Waals surface area contributed by atoms with Gasteiger partial charge in [-0.25, -0.2) is 19.9 Å². The summed E-state index contributed by atoms with van der Waals surface area (Å²) in [6.45, 7) is 3.79. The Morgan fingerprint density at radius 3 is 2.27 bits per heavy atom. The first-order valence-electron chi connectivity index (χ1n) is 15.2. The molecule has 6 aromatic rings. The Hall–Kier alpha value is -5.58. The fraction of sp³-hybridized carbons (Fsp3) is 0.212. The van der Waals surface area contributed by atoms with Crippen LogP contribution in [-0.4, -0.2) is 73.3 Å². The normalized spacial score (nSPS) is 14.4. The van der Waals surface area contributed by atoms with E-state index in [0.29, 0.717) is 46.8 Å². The van der Waals surface area contributed by atoms with E-state index >= 15 is 0 Å². The highest BCUT2D eigenvalue weighted by molar-refractivity contribution is 7.14. The van der Waals surface area contributed by atoms with Crippen molar-refractivity contribution < 1.29 is 19.1 Å². The number of hydrogen-bond acceptors (Lipinski definition) is 13. The number of nitrogens with zero attached hydrogens (tertiary/aromatic N) is 8. The lowest BCUT2D eigenvalue weighted by Crippen LogP contribution is -2.38. The fourth-order valence-electron chi connectivity index (χ4n) is 5.27. The molecule has 1 unspecified atom stereocenters. The van der Waals surface area contributed by atoms with Crippen LogP contribution in [0.25, 0.3) is 22.5 Å². The maximum absolute atomic E-state index is 12.9. The molecular formula is C33H30N10O4S2. The van der Waals surface area contributed by atoms with Crippen molar-refractivity contribution in [3.63, 3.8) is 0 Å². The molecule has 248 valence electrons. The summed E-state index contributed by atoms with van der Waals surface area (Å²) in [6.07, 6.45) is 6.18. The van der Waals surface area contributed by atoms with Crippen LogP contribution in [0.1, 0.15) is 38.2 Å². The van der Waals surface area contributed by atoms with Gasteiger partial charge in [-0.3, -0.25) is 29.9 Å². The van der Waals surface area contributed by atoms with Crippen LogP contribution in [0.3, 0.4) is 0 Å². The number of methoxy groups -OCH3 is 1. The van der Waals surface area contributed by atoms with Gasteiger partial charge in [0.25, 0.3) is 11.8 Å². The number of ether oxygens (including phenoxy) is 2. The third kappa shape index (κ3) is 7.15. The van der Waals surface area contributed by atoms with Crippen molar-refractivity contribution in [2.75, 3.05) is 42.3 Å². The quantitative estimate of drug-likeness (QED) is 0.203. The third-order valence-electron chi connectivity index (χ3n) is 7.80. The first kappa shape index (κ1) is 32.0. The van der Waals surface area contributed by atoms with Gasteiger partial charge in [0.2, 0.25) is 0 Å². The Bertz CT molecular complexity index is 2110. The number of rotatable bonds is 9. The molecule has 0 aliphatic carbocycles. The topological polar surface area (TPSA) is 162 Å². The molecule has 16 heteroatoms. The number of carbonyl (C=O) groups is 2. The van der Waals surface area contributed by atoms with Gasteiger partial charge < -0.3 is 14.4 Å². The number of benzene rings is 1. The Balaban J connectivity index is 0.967. The summed E-state index contributed by atoms with van der Waals surface area (Å²) in [6, 6.07) is 11.6. The predicted octanol–water partition coefficient (Wildman–Crippen LogP) is 5.25. The molecule has 1 atom stereocenters. The van der Waals surface area contributed by atoms with Crippen LogP contribution in [0.15, 0.2) is 71.9 Å². The van der Waals surface area contributed by atoms with Gasteiger partial charge in [-0.05, 0) is 43.3 Å². The van der Waals surface area contributed by atoms with Crippen LogP contribution in [0, 0.1) is 6.92 Å². The predicted molar refractivity (Wildman–Crippen MR) is 186 cm³/mol. The van der Waals surface area contributed by atoms with Gasteiger partial charge in [-0.2, -0.15) is 5.10 Å². The van der Waals surface area contributed by atoms with Gasteiger partial charge in [-0.1, -0.05) is 0 Å². The highest BCUT2D eigenvalue weighted by Gasteiger charge is 2.25. The number of pyridine rings is 1. The first-order chi connectivity index (χ1) is 23.8. The summed E-state index contributed by atoms with van der Waals surface area (Å²) in [5.41, 5.74) is 6.68. The zero-order chi connectivity index (χ0) is 33.9. The lowest BCUT2D eigenvalue weighted by atomic mass is 10.1. The zero-order valence-electron chi connectivity index (χ0n) is 26.7. The minimum absolute atomic E-state index is 0.186. The SMILES string of the molecule is COc1ncc(C(=O)Nc2nc(-c3ccc(C4CN(c5ccc(C(=O)Nc6nc(-c7cnn(C)c7)cs6)cc5)CCO4)nc3C)cs2)cn1. The first-order valence-corrected chi connectivity index (χ1v) is 16.9. The second-order valence-electron chi connectivity index (χ2n) is 11.1. The van der Waals surface area contributed by atoms with Crippen LogP contribution in [0.2, 0.25) is 0 Å². The van der Waals surface area contributed by atoms with Crippen LogP contribution < -0.4 is 20.3 Å². The van der Waals surface area contributed by atoms with Crippen molar-refractivity contribution in [3.05, 3.63) is 94.5 Å². The van der Waals surface area contributed by atoms with Crippen molar-refractivity contribution in [1.29, 1.82) is 0 Å². The second kappa shape index (κ2) is 13.9. The average molecular weight is 695 g/mol. The largest absolute Gasteiger partial charge is 0.467 e. The van der Waals surface area contributed by atoms with Crippen molar-refractivity contribution in [2.45, 2.75) is 13.0 Å². The van der Waals surface area contributed by atoms with Crippen molar-refractivity contribution in [3.8, 4) is 28.5 Å². The summed E-state index contributed by atoms with van der Waals surface area (Å²) < 4.78 is 12.8. The van der Waals surface area contributed by atoms with Crippen LogP contribution in [0.4, 0.5) is 16.0 Å². The molecule has 14 nitrogen and oxygen atoms in total. The van der Waals surface area contributed by atoms with E-state index in [1.165, 1.54) is 42.2 Å². The molecular weight excluding hydrogens is 665 g/mol. The summed E-state index contributed by atoms with van der Waals surface area (Å²) in [4.78, 5) is 49.7. The molecule has 6 heterocycles. The minimum Gasteiger partial charge on any atom is -0.467 e. The van der Waals surface area contributed by atoms with Gasteiger partial charge in [0, 0.05) is 77.6 Å². The maximum Gasteiger partial charge on any atom is 0.316 e. The third-order valence-corrected chi connectivity index (χ3v) is 9.31. The molecule has 7 rings (SSSR count). The number of hydrogen-bond donors (Lipinski definition) is 2. The molecule has 0 radical (unpaired) electrons. The molecule has 0 spiro atoms. The number of morpholine rings is 1. The smallest absolute Gasteiger partial charge is 0.316 e. The molecule has 2 N–H and O–H groups in total. The molecule has 49 heavy (non-hydrogen) atoms. The molecule has 5 aromatic heterocycles. The molecule has 0 bridgehead atoms. The highest BCUT2D eigenvalue weighted by Crippen LogP contribution is 2.31. The van der Waals surface area contributed by atoms with Crippen LogP contribution >= 0.6 is 22.7 Å². The molecule has 1 fully saturated rings. The van der Waals surface area contributed by atoms with Crippen molar-refractivity contribution in [2.24, 2.45) is 7.05 Å². The van der Waals surface area contributed by atoms with Crippen molar-refractivity contribution in [1.82, 2.24) is 34.7 Å². The molecule has 1 saturated heterocycles. The number of thiazole rings is 2. The van der Waals surface area contributed by atoms with Gasteiger partial charge in [-0.15, -0.1) is 22.7 Å². The molecule has 1 aromatic carbocycles. The van der Waals surface area contributed by atoms with Gasteiger partial charge in [0.15, 0.2) is 10.3 Å². The summed E-state index contributed by atoms with van der Waals surface area (Å²) in [7, 11) is 3.31. The second-order valence-corrected chi connectivity index (χ2v) is 12.8. The standard InChI is InChI=1S/C33H30N10O4S2/c1-19-24(27-18-49-33(39-27)41-30(45)21-12-34-31(46-3)35-13-21)8-9-25(37-19)28-16-43(10-11-47-28)23-6-4-20(5-7-23)29(44)40-32-38-26(17-48-32)22-14-36-42(2)15-22/h4-9,12-15,17-18,28H,10-11,16H2,1-3H3,(H,38,40,44)(H,39,41,45). The fourth-order valence-corrected chi connectivity index (χ4v) is 6.69. The molecule has 1 aliphatic rings. The number of aryl methyl sites for hydroxylation is 2. The van der Waals surface area contributed by atoms with E-state index < -0.39 is 0 Å². The molecule has 2 amide bonds. The zero-order valence-corrected chi connectivity index (χ0v) is 28.3. The lowest BCUT2D eigenvalue weighted by molar-refractivity contribution is 0.0369. The van der Waals surface area contributed by atoms with E-state index in [0.717, 1.165) is 33.9 Å². The number of amides is 2. The number of aromatic nitrogens is 7. The minimum atomic E-state index is -0.364. The van der Waals surface area contributed by atoms with Gasteiger partial charge in [0.05, 0.1) is 42.6 Å². The van der Waals surface area contributed by atoms with Crippen LogP contribution in [0.5, 0.6) is 6.01 Å². The Morgan fingerprint density at radius 1 is 0.898 bits per heavy atom. The van der Waals surface area contributed by atoms with E-state index in [1.54, 1.807) is 10.9 Å². The van der Waals surface area contributed by atoms with E-state index in [2.05, 4.69) is 40.6 Å². The summed E-state index contributed by atoms with van der Waals surface area (Å²) in [5.74, 6) is -0.586. The van der Waals surface area contributed by atoms with Gasteiger partial charge in [0.1, 0.15) is 6.10 Å². The Labute approximate surface area is 288 Å². The van der Waals surface area contributed by atoms with Gasteiger partial charge >= 0.3 is 6.01 Å². The number of carbonyl (C=O) groups excluding carboxylic acids is 2.